The molecule has 0 bridgehead atoms. The third kappa shape index (κ3) is 2.37. The van der Waals surface area contributed by atoms with Gasteiger partial charge in [0.05, 0.1) is 6.20 Å². The molecule has 4 N–H and O–H groups in total. The minimum atomic E-state index is -3.52. The summed E-state index contributed by atoms with van der Waals surface area (Å²) in [6, 6.07) is 0. The van der Waals surface area contributed by atoms with Crippen LogP contribution in [-0.2, 0) is 10.0 Å². The van der Waals surface area contributed by atoms with Crippen LogP contribution in [0.3, 0.4) is 0 Å². The van der Waals surface area contributed by atoms with Crippen LogP contribution in [0.5, 0.6) is 0 Å². The number of nitrogens with two attached hydrogens (primary N) is 1. The number of aromatic nitrogens is 2. The Morgan fingerprint density at radius 2 is 2.00 bits per heavy atom. The fourth-order valence-electron chi connectivity index (χ4n) is 2.55. The molecule has 1 aromatic heterocycles. The highest BCUT2D eigenvalue weighted by molar-refractivity contribution is 7.89. The van der Waals surface area contributed by atoms with E-state index in [2.05, 4.69) is 14.9 Å². The first kappa shape index (κ1) is 12.0. The van der Waals surface area contributed by atoms with Gasteiger partial charge in [-0.05, 0) is 43.4 Å². The monoisotopic (exact) mass is 270 g/mol. The second-order valence-corrected chi connectivity index (χ2v) is 7.07. The molecule has 0 amide bonds. The van der Waals surface area contributed by atoms with Crippen LogP contribution in [0.1, 0.15) is 25.7 Å². The van der Waals surface area contributed by atoms with Gasteiger partial charge in [-0.25, -0.2) is 13.1 Å². The minimum Gasteiger partial charge on any atom is -0.383 e. The number of H-pyrrole nitrogens is 1. The maximum absolute atomic E-state index is 12.1. The number of hydrogen-bond donors (Lipinski definition) is 3. The molecule has 0 saturated heterocycles. The standard InChI is InChI=1S/C11H18N4O2S/c12-11-10(6-13-15-11)18(16,17)14-5-9(7-1-2-7)8-3-4-8/h6-9,14H,1-5H2,(H3,12,13,15). The molecule has 100 valence electrons. The molecule has 1 heterocycles. The summed E-state index contributed by atoms with van der Waals surface area (Å²) in [7, 11) is -3.52. The van der Waals surface area contributed by atoms with Gasteiger partial charge in [-0.2, -0.15) is 5.10 Å². The van der Waals surface area contributed by atoms with Crippen LogP contribution in [0.25, 0.3) is 0 Å². The van der Waals surface area contributed by atoms with Gasteiger partial charge >= 0.3 is 0 Å². The number of anilines is 1. The number of rotatable bonds is 6. The van der Waals surface area contributed by atoms with Crippen molar-refractivity contribution in [3.63, 3.8) is 0 Å². The zero-order chi connectivity index (χ0) is 12.8. The molecule has 0 aliphatic heterocycles. The van der Waals surface area contributed by atoms with Crippen LogP contribution in [0.2, 0.25) is 0 Å². The second-order valence-electron chi connectivity index (χ2n) is 5.34. The summed E-state index contributed by atoms with van der Waals surface area (Å²) >= 11 is 0. The molecule has 0 atom stereocenters. The quantitative estimate of drug-likeness (QED) is 0.708. The predicted molar refractivity (Wildman–Crippen MR) is 67.1 cm³/mol. The van der Waals surface area contributed by atoms with E-state index in [0.29, 0.717) is 12.5 Å². The second kappa shape index (κ2) is 4.24. The molecular weight excluding hydrogens is 252 g/mol. The molecule has 0 spiro atoms. The van der Waals surface area contributed by atoms with Crippen molar-refractivity contribution in [1.82, 2.24) is 14.9 Å². The molecule has 6 nitrogen and oxygen atoms in total. The molecule has 3 rings (SSSR count). The molecule has 2 aliphatic rings. The van der Waals surface area contributed by atoms with Crippen LogP contribution in [0.15, 0.2) is 11.1 Å². The van der Waals surface area contributed by atoms with Gasteiger partial charge < -0.3 is 5.73 Å². The predicted octanol–water partition coefficient (Wildman–Crippen LogP) is 0.706. The average Bonchev–Trinajstić information content (AvgIpc) is 3.20. The molecule has 2 aliphatic carbocycles. The van der Waals surface area contributed by atoms with E-state index >= 15 is 0 Å². The molecular formula is C11H18N4O2S. The lowest BCUT2D eigenvalue weighted by atomic mass is 9.99. The first-order chi connectivity index (χ1) is 8.58. The van der Waals surface area contributed by atoms with Crippen molar-refractivity contribution in [2.24, 2.45) is 17.8 Å². The summed E-state index contributed by atoms with van der Waals surface area (Å²) in [6.45, 7) is 0.530. The van der Waals surface area contributed by atoms with Gasteiger partial charge in [-0.1, -0.05) is 0 Å². The zero-order valence-electron chi connectivity index (χ0n) is 10.1. The van der Waals surface area contributed by atoms with Crippen molar-refractivity contribution in [2.75, 3.05) is 12.3 Å². The Morgan fingerprint density at radius 1 is 1.39 bits per heavy atom. The zero-order valence-corrected chi connectivity index (χ0v) is 10.9. The van der Waals surface area contributed by atoms with Crippen LogP contribution in [0.4, 0.5) is 5.82 Å². The molecule has 7 heteroatoms. The van der Waals surface area contributed by atoms with Crippen molar-refractivity contribution in [2.45, 2.75) is 30.6 Å². The van der Waals surface area contributed by atoms with E-state index in [4.69, 9.17) is 5.73 Å². The van der Waals surface area contributed by atoms with Gasteiger partial charge in [0.1, 0.15) is 10.7 Å². The number of nitrogen functional groups attached to an aromatic ring is 1. The summed E-state index contributed by atoms with van der Waals surface area (Å²) in [5.74, 6) is 2.05. The number of aromatic amines is 1. The lowest BCUT2D eigenvalue weighted by molar-refractivity contribution is 0.401. The average molecular weight is 270 g/mol. The Kier molecular flexibility index (Phi) is 2.82. The van der Waals surface area contributed by atoms with Crippen molar-refractivity contribution in [1.29, 1.82) is 0 Å². The van der Waals surface area contributed by atoms with Crippen LogP contribution in [0, 0.1) is 17.8 Å². The van der Waals surface area contributed by atoms with E-state index in [9.17, 15) is 8.42 Å². The van der Waals surface area contributed by atoms with Gasteiger partial charge in [0.25, 0.3) is 0 Å². The van der Waals surface area contributed by atoms with E-state index in [0.717, 1.165) is 11.8 Å². The number of sulfonamides is 1. The maximum atomic E-state index is 12.1. The summed E-state index contributed by atoms with van der Waals surface area (Å²) < 4.78 is 26.8. The van der Waals surface area contributed by atoms with E-state index in [1.807, 2.05) is 0 Å². The molecule has 0 radical (unpaired) electrons. The fourth-order valence-corrected chi connectivity index (χ4v) is 3.64. The van der Waals surface area contributed by atoms with Crippen molar-refractivity contribution >= 4 is 15.8 Å². The number of hydrogen-bond acceptors (Lipinski definition) is 4. The van der Waals surface area contributed by atoms with E-state index in [1.54, 1.807) is 0 Å². The summed E-state index contributed by atoms with van der Waals surface area (Å²) in [4.78, 5) is 0.0489. The lowest BCUT2D eigenvalue weighted by Crippen LogP contribution is -2.31. The Balaban J connectivity index is 1.66. The first-order valence-electron chi connectivity index (χ1n) is 6.36. The Labute approximate surface area is 106 Å². The largest absolute Gasteiger partial charge is 0.383 e. The van der Waals surface area contributed by atoms with Gasteiger partial charge in [0.15, 0.2) is 0 Å². The van der Waals surface area contributed by atoms with Crippen LogP contribution in [-0.4, -0.2) is 25.2 Å². The van der Waals surface area contributed by atoms with Crippen LogP contribution >= 0.6 is 0 Å². The third-order valence-electron chi connectivity index (χ3n) is 3.89. The SMILES string of the molecule is Nc1[nH]ncc1S(=O)(=O)NCC(C1CC1)C1CC1. The molecule has 18 heavy (non-hydrogen) atoms. The topological polar surface area (TPSA) is 101 Å². The molecule has 2 fully saturated rings. The highest BCUT2D eigenvalue weighted by Crippen LogP contribution is 2.48. The van der Waals surface area contributed by atoms with Gasteiger partial charge in [-0.3, -0.25) is 5.10 Å². The van der Waals surface area contributed by atoms with E-state index in [1.165, 1.54) is 31.9 Å². The van der Waals surface area contributed by atoms with Crippen molar-refractivity contribution < 1.29 is 8.42 Å². The Morgan fingerprint density at radius 3 is 2.44 bits per heavy atom. The maximum Gasteiger partial charge on any atom is 0.245 e. The van der Waals surface area contributed by atoms with E-state index in [-0.39, 0.29) is 10.7 Å². The smallest absolute Gasteiger partial charge is 0.245 e. The molecule has 2 saturated carbocycles. The highest BCUT2D eigenvalue weighted by Gasteiger charge is 2.41. The normalized spacial score (nSPS) is 20.5. The van der Waals surface area contributed by atoms with Gasteiger partial charge in [-0.15, -0.1) is 0 Å². The van der Waals surface area contributed by atoms with Crippen molar-refractivity contribution in [3.8, 4) is 0 Å². The Hall–Kier alpha value is -1.08. The lowest BCUT2D eigenvalue weighted by Gasteiger charge is -2.15. The third-order valence-corrected chi connectivity index (χ3v) is 5.34. The highest BCUT2D eigenvalue weighted by atomic mass is 32.2. The van der Waals surface area contributed by atoms with Gasteiger partial charge in [0, 0.05) is 6.54 Å². The van der Waals surface area contributed by atoms with E-state index < -0.39 is 10.0 Å². The van der Waals surface area contributed by atoms with Gasteiger partial charge in [0.2, 0.25) is 10.0 Å². The summed E-state index contributed by atoms with van der Waals surface area (Å²) in [6.07, 6.45) is 6.24. The molecule has 0 aromatic carbocycles. The van der Waals surface area contributed by atoms with Crippen LogP contribution < -0.4 is 10.5 Å². The summed E-state index contributed by atoms with van der Waals surface area (Å²) in [5.41, 5.74) is 5.54. The Bertz CT molecular complexity index is 519. The van der Waals surface area contributed by atoms with Crippen molar-refractivity contribution in [3.05, 3.63) is 6.20 Å². The first-order valence-corrected chi connectivity index (χ1v) is 7.85. The molecule has 1 aromatic rings. The molecule has 0 unspecified atom stereocenters. The number of nitrogens with zero attached hydrogens (tertiary/aromatic N) is 1. The minimum absolute atomic E-state index is 0.0489. The number of nitrogens with one attached hydrogen (secondary N) is 2. The fraction of sp³-hybridized carbons (Fsp3) is 0.727. The summed E-state index contributed by atoms with van der Waals surface area (Å²) in [5, 5.41) is 6.08.